The summed E-state index contributed by atoms with van der Waals surface area (Å²) in [6.07, 6.45) is 0. The fourth-order valence-corrected chi connectivity index (χ4v) is 3.78. The lowest BCUT2D eigenvalue weighted by molar-refractivity contribution is 0.408. The van der Waals surface area contributed by atoms with Gasteiger partial charge < -0.3 is 5.32 Å². The van der Waals surface area contributed by atoms with Gasteiger partial charge in [-0.15, -0.1) is 11.3 Å². The molecule has 0 spiro atoms. The third kappa shape index (κ3) is 5.06. The predicted molar refractivity (Wildman–Crippen MR) is 76.3 cm³/mol. The van der Waals surface area contributed by atoms with Crippen molar-refractivity contribution in [3.05, 3.63) is 17.0 Å². The molecule has 0 aliphatic rings. The Labute approximate surface area is 114 Å². The number of sulfonamides is 1. The van der Waals surface area contributed by atoms with Gasteiger partial charge in [0.05, 0.1) is 0 Å². The molecule has 0 saturated heterocycles. The zero-order chi connectivity index (χ0) is 13.8. The van der Waals surface area contributed by atoms with Gasteiger partial charge in [0.2, 0.25) is 10.0 Å². The second kappa shape index (κ2) is 6.14. The van der Waals surface area contributed by atoms with Gasteiger partial charge >= 0.3 is 0 Å². The summed E-state index contributed by atoms with van der Waals surface area (Å²) in [6, 6.07) is 1.73. The van der Waals surface area contributed by atoms with Gasteiger partial charge in [0.1, 0.15) is 4.21 Å². The van der Waals surface area contributed by atoms with Crippen LogP contribution in [0.15, 0.2) is 15.7 Å². The van der Waals surface area contributed by atoms with E-state index in [1.54, 1.807) is 6.07 Å². The van der Waals surface area contributed by atoms with E-state index >= 15 is 0 Å². The van der Waals surface area contributed by atoms with Crippen molar-refractivity contribution in [1.82, 2.24) is 10.0 Å². The highest BCUT2D eigenvalue weighted by atomic mass is 32.2. The molecule has 104 valence electrons. The highest BCUT2D eigenvalue weighted by Crippen LogP contribution is 2.21. The van der Waals surface area contributed by atoms with Gasteiger partial charge in [0.15, 0.2) is 0 Å². The quantitative estimate of drug-likeness (QED) is 0.844. The van der Waals surface area contributed by atoms with Crippen molar-refractivity contribution in [3.8, 4) is 0 Å². The minimum Gasteiger partial charge on any atom is -0.313 e. The molecule has 0 unspecified atom stereocenters. The molecule has 0 atom stereocenters. The molecule has 6 heteroatoms. The summed E-state index contributed by atoms with van der Waals surface area (Å²) in [5.74, 6) is 0. The molecular weight excluding hydrogens is 268 g/mol. The molecule has 1 aromatic rings. The van der Waals surface area contributed by atoms with Crippen LogP contribution in [-0.2, 0) is 16.6 Å². The summed E-state index contributed by atoms with van der Waals surface area (Å²) in [6.45, 7) is 10.0. The van der Waals surface area contributed by atoms with Crippen molar-refractivity contribution in [3.63, 3.8) is 0 Å². The van der Waals surface area contributed by atoms with Crippen LogP contribution in [0.5, 0.6) is 0 Å². The number of hydrogen-bond donors (Lipinski definition) is 2. The maximum Gasteiger partial charge on any atom is 0.250 e. The normalized spacial score (nSPS) is 12.9. The van der Waals surface area contributed by atoms with E-state index in [9.17, 15) is 8.42 Å². The Balaban J connectivity index is 2.70. The van der Waals surface area contributed by atoms with Crippen molar-refractivity contribution >= 4 is 21.4 Å². The summed E-state index contributed by atoms with van der Waals surface area (Å²) in [5.41, 5.74) is 0.953. The van der Waals surface area contributed by atoms with Crippen LogP contribution in [0, 0.1) is 5.41 Å². The Kier molecular flexibility index (Phi) is 5.33. The zero-order valence-corrected chi connectivity index (χ0v) is 13.0. The lowest BCUT2D eigenvalue weighted by Crippen LogP contribution is -2.31. The molecule has 18 heavy (non-hydrogen) atoms. The van der Waals surface area contributed by atoms with E-state index in [-0.39, 0.29) is 5.41 Å². The third-order valence-corrected chi connectivity index (χ3v) is 5.16. The number of nitrogens with one attached hydrogen (secondary N) is 2. The second-order valence-electron chi connectivity index (χ2n) is 5.44. The average molecular weight is 290 g/mol. The maximum absolute atomic E-state index is 12.0. The van der Waals surface area contributed by atoms with Crippen LogP contribution in [0.3, 0.4) is 0 Å². The predicted octanol–water partition coefficient (Wildman–Crippen LogP) is 2.18. The van der Waals surface area contributed by atoms with E-state index in [0.717, 1.165) is 12.1 Å². The number of thiophene rings is 1. The molecule has 0 bridgehead atoms. The van der Waals surface area contributed by atoms with Crippen molar-refractivity contribution in [2.45, 2.75) is 38.4 Å². The van der Waals surface area contributed by atoms with Crippen LogP contribution in [-0.4, -0.2) is 21.5 Å². The summed E-state index contributed by atoms with van der Waals surface area (Å²) in [7, 11) is -3.36. The molecule has 1 rings (SSSR count). The summed E-state index contributed by atoms with van der Waals surface area (Å²) in [5, 5.41) is 5.06. The van der Waals surface area contributed by atoms with Gasteiger partial charge in [-0.25, -0.2) is 13.1 Å². The molecule has 0 amide bonds. The largest absolute Gasteiger partial charge is 0.313 e. The molecule has 1 heterocycles. The Hall–Kier alpha value is -0.430. The fourth-order valence-electron chi connectivity index (χ4n) is 1.24. The van der Waals surface area contributed by atoms with Crippen LogP contribution in [0.1, 0.15) is 33.3 Å². The SMILES string of the molecule is CCNCc1csc(S(=O)(=O)NCC(C)(C)C)c1. The smallest absolute Gasteiger partial charge is 0.250 e. The van der Waals surface area contributed by atoms with Crippen LogP contribution < -0.4 is 10.0 Å². The molecule has 1 aromatic heterocycles. The van der Waals surface area contributed by atoms with Crippen LogP contribution in [0.25, 0.3) is 0 Å². The van der Waals surface area contributed by atoms with Gasteiger partial charge in [-0.05, 0) is 29.0 Å². The van der Waals surface area contributed by atoms with E-state index in [2.05, 4.69) is 10.0 Å². The van der Waals surface area contributed by atoms with Crippen molar-refractivity contribution in [2.75, 3.05) is 13.1 Å². The Morgan fingerprint density at radius 2 is 2.00 bits per heavy atom. The standard InChI is InChI=1S/C12H22N2O2S2/c1-5-13-7-10-6-11(17-8-10)18(15,16)14-9-12(2,3)4/h6,8,13-14H,5,7,9H2,1-4H3. The first-order valence-electron chi connectivity index (χ1n) is 6.02. The first-order chi connectivity index (χ1) is 8.24. The van der Waals surface area contributed by atoms with Crippen LogP contribution in [0.4, 0.5) is 0 Å². The van der Waals surface area contributed by atoms with Crippen LogP contribution >= 0.6 is 11.3 Å². The van der Waals surface area contributed by atoms with Gasteiger partial charge in [0, 0.05) is 13.1 Å². The van der Waals surface area contributed by atoms with Crippen molar-refractivity contribution in [1.29, 1.82) is 0 Å². The van der Waals surface area contributed by atoms with Gasteiger partial charge in [-0.2, -0.15) is 0 Å². The third-order valence-electron chi connectivity index (χ3n) is 2.27. The zero-order valence-electron chi connectivity index (χ0n) is 11.4. The second-order valence-corrected chi connectivity index (χ2v) is 8.34. The first-order valence-corrected chi connectivity index (χ1v) is 8.39. The first kappa shape index (κ1) is 15.6. The van der Waals surface area contributed by atoms with E-state index in [1.165, 1.54) is 11.3 Å². The molecule has 0 aliphatic heterocycles. The molecule has 0 radical (unpaired) electrons. The van der Waals surface area contributed by atoms with E-state index in [1.807, 2.05) is 33.1 Å². The van der Waals surface area contributed by atoms with E-state index in [0.29, 0.717) is 17.3 Å². The highest BCUT2D eigenvalue weighted by molar-refractivity contribution is 7.91. The highest BCUT2D eigenvalue weighted by Gasteiger charge is 2.20. The summed E-state index contributed by atoms with van der Waals surface area (Å²) < 4.78 is 27.1. The molecule has 0 fully saturated rings. The Morgan fingerprint density at radius 1 is 1.33 bits per heavy atom. The van der Waals surface area contributed by atoms with Gasteiger partial charge in [-0.3, -0.25) is 0 Å². The topological polar surface area (TPSA) is 58.2 Å². The van der Waals surface area contributed by atoms with Crippen molar-refractivity contribution < 1.29 is 8.42 Å². The monoisotopic (exact) mass is 290 g/mol. The lowest BCUT2D eigenvalue weighted by Gasteiger charge is -2.18. The molecule has 0 aliphatic carbocycles. The average Bonchev–Trinajstić information content (AvgIpc) is 2.72. The van der Waals surface area contributed by atoms with Crippen molar-refractivity contribution in [2.24, 2.45) is 5.41 Å². The van der Waals surface area contributed by atoms with Gasteiger partial charge in [-0.1, -0.05) is 27.7 Å². The summed E-state index contributed by atoms with van der Waals surface area (Å²) in [4.78, 5) is 0. The van der Waals surface area contributed by atoms with E-state index in [4.69, 9.17) is 0 Å². The fraction of sp³-hybridized carbons (Fsp3) is 0.667. The van der Waals surface area contributed by atoms with E-state index < -0.39 is 10.0 Å². The molecule has 0 saturated carbocycles. The van der Waals surface area contributed by atoms with Gasteiger partial charge in [0.25, 0.3) is 0 Å². The minimum atomic E-state index is -3.36. The number of hydrogen-bond acceptors (Lipinski definition) is 4. The molecular formula is C12H22N2O2S2. The Morgan fingerprint density at radius 3 is 2.56 bits per heavy atom. The maximum atomic E-state index is 12.0. The Bertz CT molecular complexity index is 473. The van der Waals surface area contributed by atoms with Crippen LogP contribution in [0.2, 0.25) is 0 Å². The summed E-state index contributed by atoms with van der Waals surface area (Å²) >= 11 is 1.27. The molecule has 4 nitrogen and oxygen atoms in total. The number of rotatable bonds is 6. The lowest BCUT2D eigenvalue weighted by atomic mass is 9.98. The molecule has 2 N–H and O–H groups in total. The minimum absolute atomic E-state index is 0.0586. The molecule has 0 aromatic carbocycles.